The summed E-state index contributed by atoms with van der Waals surface area (Å²) in [6.07, 6.45) is 7.63. The molecular formula is C18H29Cl2N3O. The van der Waals surface area contributed by atoms with Crippen molar-refractivity contribution >= 4 is 42.1 Å². The maximum absolute atomic E-state index is 12.4. The van der Waals surface area contributed by atoms with Gasteiger partial charge in [-0.15, -0.1) is 24.8 Å². The van der Waals surface area contributed by atoms with Crippen LogP contribution in [-0.4, -0.2) is 25.0 Å². The zero-order valence-corrected chi connectivity index (χ0v) is 15.7. The van der Waals surface area contributed by atoms with Gasteiger partial charge in [-0.2, -0.15) is 0 Å². The Morgan fingerprint density at radius 2 is 1.79 bits per heavy atom. The Kier molecular flexibility index (Phi) is 8.88. The number of anilines is 2. The third-order valence-corrected chi connectivity index (χ3v) is 5.04. The Morgan fingerprint density at radius 3 is 2.46 bits per heavy atom. The molecule has 1 amide bonds. The van der Waals surface area contributed by atoms with Crippen molar-refractivity contribution in [2.45, 2.75) is 51.0 Å². The molecule has 0 radical (unpaired) electrons. The predicted octanol–water partition coefficient (Wildman–Crippen LogP) is 3.98. The fourth-order valence-corrected chi connectivity index (χ4v) is 3.75. The Labute approximate surface area is 157 Å². The highest BCUT2D eigenvalue weighted by Crippen LogP contribution is 2.30. The number of carbonyl (C=O) groups is 1. The molecule has 6 heteroatoms. The van der Waals surface area contributed by atoms with Crippen molar-refractivity contribution in [3.8, 4) is 0 Å². The zero-order valence-electron chi connectivity index (χ0n) is 14.1. The van der Waals surface area contributed by atoms with Gasteiger partial charge in [-0.3, -0.25) is 4.79 Å². The quantitative estimate of drug-likeness (QED) is 0.838. The second-order valence-electron chi connectivity index (χ2n) is 6.67. The highest BCUT2D eigenvalue weighted by molar-refractivity contribution is 5.94. The summed E-state index contributed by atoms with van der Waals surface area (Å²) >= 11 is 0. The number of hydrogen-bond acceptors (Lipinski definition) is 3. The summed E-state index contributed by atoms with van der Waals surface area (Å²) in [5.41, 5.74) is 8.18. The molecule has 136 valence electrons. The summed E-state index contributed by atoms with van der Waals surface area (Å²) in [6.45, 7) is 2.17. The number of carbonyl (C=O) groups excluding carboxylic acids is 1. The zero-order chi connectivity index (χ0) is 15.4. The lowest BCUT2D eigenvalue weighted by molar-refractivity contribution is -0.117. The van der Waals surface area contributed by atoms with Gasteiger partial charge in [0.25, 0.3) is 0 Å². The Hall–Kier alpha value is -0.970. The maximum atomic E-state index is 12.4. The van der Waals surface area contributed by atoms with Crippen LogP contribution in [0.3, 0.4) is 0 Å². The van der Waals surface area contributed by atoms with Gasteiger partial charge in [-0.1, -0.05) is 18.6 Å². The van der Waals surface area contributed by atoms with E-state index >= 15 is 0 Å². The van der Waals surface area contributed by atoms with Crippen LogP contribution >= 0.6 is 24.8 Å². The van der Waals surface area contributed by atoms with Crippen molar-refractivity contribution < 1.29 is 4.79 Å². The number of nitrogens with one attached hydrogen (secondary N) is 1. The van der Waals surface area contributed by atoms with Crippen molar-refractivity contribution in [1.29, 1.82) is 0 Å². The van der Waals surface area contributed by atoms with Crippen LogP contribution in [-0.2, 0) is 4.79 Å². The van der Waals surface area contributed by atoms with Crippen LogP contribution in [0.5, 0.6) is 0 Å². The Bertz CT molecular complexity index is 521. The van der Waals surface area contributed by atoms with Gasteiger partial charge < -0.3 is 16.0 Å². The van der Waals surface area contributed by atoms with Crippen LogP contribution in [0.4, 0.5) is 11.4 Å². The number of amides is 1. The molecule has 2 fully saturated rings. The SMILES string of the molecule is Cl.Cl.N[C@@H]1CCC[C@H]1CC(=O)Nc1ccccc1N1CCCCC1. The van der Waals surface area contributed by atoms with E-state index in [4.69, 9.17) is 5.73 Å². The predicted molar refractivity (Wildman–Crippen MR) is 106 cm³/mol. The number of para-hydroxylation sites is 2. The van der Waals surface area contributed by atoms with Gasteiger partial charge in [0.15, 0.2) is 0 Å². The smallest absolute Gasteiger partial charge is 0.224 e. The van der Waals surface area contributed by atoms with Gasteiger partial charge in [0.1, 0.15) is 0 Å². The summed E-state index contributed by atoms with van der Waals surface area (Å²) in [7, 11) is 0. The number of benzene rings is 1. The van der Waals surface area contributed by atoms with Gasteiger partial charge in [0, 0.05) is 25.6 Å². The number of halogens is 2. The molecule has 1 aliphatic heterocycles. The van der Waals surface area contributed by atoms with Crippen molar-refractivity contribution in [2.24, 2.45) is 11.7 Å². The summed E-state index contributed by atoms with van der Waals surface area (Å²) in [5.74, 6) is 0.453. The molecule has 3 N–H and O–H groups in total. The third-order valence-electron chi connectivity index (χ3n) is 5.04. The van der Waals surface area contributed by atoms with Crippen LogP contribution in [0.2, 0.25) is 0 Å². The van der Waals surface area contributed by atoms with E-state index in [1.807, 2.05) is 18.2 Å². The van der Waals surface area contributed by atoms with Crippen LogP contribution in [0.1, 0.15) is 44.9 Å². The molecule has 1 aromatic rings. The third kappa shape index (κ3) is 5.27. The standard InChI is InChI=1S/C18H27N3O.2ClH/c19-15-8-6-7-14(15)13-18(22)20-16-9-2-3-10-17(16)21-11-4-1-5-12-21;;/h2-3,9-10,14-15H,1,4-8,11-13,19H2,(H,20,22);2*1H/t14-,15+;;/m0../s1. The average molecular weight is 374 g/mol. The van der Waals surface area contributed by atoms with E-state index in [1.54, 1.807) is 0 Å². The molecule has 4 nitrogen and oxygen atoms in total. The van der Waals surface area contributed by atoms with Crippen molar-refractivity contribution in [1.82, 2.24) is 0 Å². The average Bonchev–Trinajstić information content (AvgIpc) is 2.94. The molecule has 3 rings (SSSR count). The van der Waals surface area contributed by atoms with E-state index in [0.717, 1.165) is 43.7 Å². The van der Waals surface area contributed by atoms with Crippen molar-refractivity contribution in [3.05, 3.63) is 24.3 Å². The minimum absolute atomic E-state index is 0. The highest BCUT2D eigenvalue weighted by atomic mass is 35.5. The van der Waals surface area contributed by atoms with E-state index in [0.29, 0.717) is 12.3 Å². The van der Waals surface area contributed by atoms with Crippen molar-refractivity contribution in [3.63, 3.8) is 0 Å². The molecule has 0 aromatic heterocycles. The molecular weight excluding hydrogens is 345 g/mol. The first-order valence-electron chi connectivity index (χ1n) is 8.63. The van der Waals surface area contributed by atoms with E-state index in [-0.39, 0.29) is 36.8 Å². The summed E-state index contributed by atoms with van der Waals surface area (Å²) in [6, 6.07) is 8.36. The van der Waals surface area contributed by atoms with Crippen LogP contribution in [0.25, 0.3) is 0 Å². The molecule has 1 heterocycles. The second kappa shape index (κ2) is 10.1. The molecule has 1 saturated heterocycles. The fourth-order valence-electron chi connectivity index (χ4n) is 3.75. The Balaban J connectivity index is 0.00000144. The number of rotatable bonds is 4. The minimum Gasteiger partial charge on any atom is -0.370 e. The van der Waals surface area contributed by atoms with Crippen LogP contribution in [0, 0.1) is 5.92 Å². The molecule has 1 aromatic carbocycles. The lowest BCUT2D eigenvalue weighted by Gasteiger charge is -2.30. The second-order valence-corrected chi connectivity index (χ2v) is 6.67. The molecule has 0 unspecified atom stereocenters. The molecule has 0 spiro atoms. The number of piperidine rings is 1. The number of nitrogens with two attached hydrogens (primary N) is 1. The first kappa shape index (κ1) is 21.1. The van der Waals surface area contributed by atoms with E-state index in [2.05, 4.69) is 16.3 Å². The number of nitrogens with zero attached hydrogens (tertiary/aromatic N) is 1. The maximum Gasteiger partial charge on any atom is 0.224 e. The van der Waals surface area contributed by atoms with Crippen LogP contribution < -0.4 is 16.0 Å². The summed E-state index contributed by atoms with van der Waals surface area (Å²) in [4.78, 5) is 14.8. The summed E-state index contributed by atoms with van der Waals surface area (Å²) in [5, 5.41) is 3.12. The Morgan fingerprint density at radius 1 is 1.08 bits per heavy atom. The topological polar surface area (TPSA) is 58.4 Å². The lowest BCUT2D eigenvalue weighted by atomic mass is 10.00. The van der Waals surface area contributed by atoms with Crippen LogP contribution in [0.15, 0.2) is 24.3 Å². The van der Waals surface area contributed by atoms with E-state index in [9.17, 15) is 4.79 Å². The van der Waals surface area contributed by atoms with Gasteiger partial charge in [-0.25, -0.2) is 0 Å². The molecule has 2 atom stereocenters. The van der Waals surface area contributed by atoms with Gasteiger partial charge >= 0.3 is 0 Å². The molecule has 0 bridgehead atoms. The monoisotopic (exact) mass is 373 g/mol. The van der Waals surface area contributed by atoms with Gasteiger partial charge in [0.05, 0.1) is 11.4 Å². The first-order valence-corrected chi connectivity index (χ1v) is 8.63. The molecule has 2 aliphatic rings. The minimum atomic E-state index is 0. The first-order chi connectivity index (χ1) is 10.7. The largest absolute Gasteiger partial charge is 0.370 e. The normalized spacial score (nSPS) is 23.1. The molecule has 1 saturated carbocycles. The summed E-state index contributed by atoms with van der Waals surface area (Å²) < 4.78 is 0. The molecule has 1 aliphatic carbocycles. The number of hydrogen-bond donors (Lipinski definition) is 2. The van der Waals surface area contributed by atoms with Gasteiger partial charge in [0.2, 0.25) is 5.91 Å². The van der Waals surface area contributed by atoms with Gasteiger partial charge in [-0.05, 0) is 50.2 Å². The van der Waals surface area contributed by atoms with E-state index < -0.39 is 0 Å². The van der Waals surface area contributed by atoms with Crippen molar-refractivity contribution in [2.75, 3.05) is 23.3 Å². The molecule has 24 heavy (non-hydrogen) atoms. The lowest BCUT2D eigenvalue weighted by Crippen LogP contribution is -2.31. The highest BCUT2D eigenvalue weighted by Gasteiger charge is 2.26. The fraction of sp³-hybridized carbons (Fsp3) is 0.611. The van der Waals surface area contributed by atoms with E-state index in [1.165, 1.54) is 19.3 Å².